The lowest BCUT2D eigenvalue weighted by atomic mass is 9.93. The molecule has 1 rings (SSSR count). The van der Waals surface area contributed by atoms with Crippen molar-refractivity contribution in [1.29, 1.82) is 0 Å². The van der Waals surface area contributed by atoms with Crippen LogP contribution in [0.1, 0.15) is 13.8 Å². The van der Waals surface area contributed by atoms with Crippen LogP contribution in [0.15, 0.2) is 29.2 Å². The zero-order valence-electron chi connectivity index (χ0n) is 11.0. The number of benzene rings is 1. The predicted octanol–water partition coefficient (Wildman–Crippen LogP) is 0.876. The minimum Gasteiger partial charge on any atom is -0.359 e. The van der Waals surface area contributed by atoms with E-state index in [1.54, 1.807) is 13.8 Å². The first kappa shape index (κ1) is 15.6. The maximum Gasteiger partial charge on any atom is 0.240 e. The SMILES string of the molecule is CNC(=O)C(C)(C)CNS(=O)(=O)c1ccc(F)cc1. The van der Waals surface area contributed by atoms with Crippen molar-refractivity contribution >= 4 is 15.9 Å². The van der Waals surface area contributed by atoms with Crippen molar-refractivity contribution in [3.8, 4) is 0 Å². The Morgan fingerprint density at radius 1 is 1.26 bits per heavy atom. The fraction of sp³-hybridized carbons (Fsp3) is 0.417. The summed E-state index contributed by atoms with van der Waals surface area (Å²) in [7, 11) is -2.26. The number of sulfonamides is 1. The van der Waals surface area contributed by atoms with E-state index in [9.17, 15) is 17.6 Å². The molecule has 0 atom stereocenters. The molecule has 1 aromatic carbocycles. The van der Waals surface area contributed by atoms with E-state index in [0.717, 1.165) is 12.1 Å². The Hall–Kier alpha value is -1.47. The lowest BCUT2D eigenvalue weighted by Gasteiger charge is -2.22. The molecule has 0 spiro atoms. The summed E-state index contributed by atoms with van der Waals surface area (Å²) in [6, 6.07) is 4.48. The van der Waals surface area contributed by atoms with E-state index in [1.165, 1.54) is 19.2 Å². The highest BCUT2D eigenvalue weighted by molar-refractivity contribution is 7.89. The Morgan fingerprint density at radius 3 is 2.26 bits per heavy atom. The van der Waals surface area contributed by atoms with Gasteiger partial charge in [0.25, 0.3) is 0 Å². The summed E-state index contributed by atoms with van der Waals surface area (Å²) < 4.78 is 38.9. The number of hydrogen-bond acceptors (Lipinski definition) is 3. The third kappa shape index (κ3) is 4.00. The van der Waals surface area contributed by atoms with Crippen molar-refractivity contribution in [3.05, 3.63) is 30.1 Å². The van der Waals surface area contributed by atoms with E-state index in [-0.39, 0.29) is 17.3 Å². The van der Waals surface area contributed by atoms with Gasteiger partial charge >= 0.3 is 0 Å². The lowest BCUT2D eigenvalue weighted by molar-refractivity contribution is -0.128. The minimum atomic E-state index is -3.75. The van der Waals surface area contributed by atoms with Gasteiger partial charge in [-0.15, -0.1) is 0 Å². The number of nitrogens with one attached hydrogen (secondary N) is 2. The first-order valence-corrected chi connectivity index (χ1v) is 7.15. The molecule has 0 aliphatic carbocycles. The van der Waals surface area contributed by atoms with E-state index in [4.69, 9.17) is 0 Å². The van der Waals surface area contributed by atoms with Gasteiger partial charge in [0.2, 0.25) is 15.9 Å². The molecule has 0 aliphatic heterocycles. The first-order chi connectivity index (χ1) is 8.69. The van der Waals surface area contributed by atoms with Crippen molar-refractivity contribution in [2.45, 2.75) is 18.7 Å². The number of carbonyl (C=O) groups is 1. The third-order valence-electron chi connectivity index (χ3n) is 2.67. The third-order valence-corrected chi connectivity index (χ3v) is 4.09. The average molecular weight is 288 g/mol. The van der Waals surface area contributed by atoms with Gasteiger partial charge in [-0.2, -0.15) is 0 Å². The molecule has 1 amide bonds. The van der Waals surface area contributed by atoms with Crippen LogP contribution in [0.3, 0.4) is 0 Å². The Kier molecular flexibility index (Phi) is 4.65. The number of halogens is 1. The molecule has 0 saturated heterocycles. The molecule has 0 bridgehead atoms. The molecular formula is C12H17FN2O3S. The van der Waals surface area contributed by atoms with Crippen LogP contribution in [-0.2, 0) is 14.8 Å². The van der Waals surface area contributed by atoms with E-state index in [2.05, 4.69) is 10.0 Å². The van der Waals surface area contributed by atoms with E-state index in [0.29, 0.717) is 0 Å². The van der Waals surface area contributed by atoms with Crippen LogP contribution in [0.2, 0.25) is 0 Å². The summed E-state index contributed by atoms with van der Waals surface area (Å²) in [4.78, 5) is 11.5. The summed E-state index contributed by atoms with van der Waals surface area (Å²) in [6.07, 6.45) is 0. The van der Waals surface area contributed by atoms with Crippen LogP contribution in [0, 0.1) is 11.2 Å². The van der Waals surface area contributed by atoms with Gasteiger partial charge in [0, 0.05) is 13.6 Å². The van der Waals surface area contributed by atoms with Crippen LogP contribution in [-0.4, -0.2) is 27.9 Å². The Balaban J connectivity index is 2.82. The van der Waals surface area contributed by atoms with E-state index in [1.807, 2.05) is 0 Å². The van der Waals surface area contributed by atoms with E-state index < -0.39 is 21.3 Å². The summed E-state index contributed by atoms with van der Waals surface area (Å²) in [6.45, 7) is 3.20. The van der Waals surface area contributed by atoms with Gasteiger partial charge in [-0.05, 0) is 38.1 Å². The molecule has 5 nitrogen and oxygen atoms in total. The largest absolute Gasteiger partial charge is 0.359 e. The van der Waals surface area contributed by atoms with Crippen molar-refractivity contribution in [2.24, 2.45) is 5.41 Å². The summed E-state index contributed by atoms with van der Waals surface area (Å²) in [5.74, 6) is -0.779. The monoisotopic (exact) mass is 288 g/mol. The average Bonchev–Trinajstić information content (AvgIpc) is 2.36. The summed E-state index contributed by atoms with van der Waals surface area (Å²) in [5.41, 5.74) is -0.873. The molecule has 0 heterocycles. The quantitative estimate of drug-likeness (QED) is 0.844. The van der Waals surface area contributed by atoms with Gasteiger partial charge in [-0.25, -0.2) is 17.5 Å². The standard InChI is InChI=1S/C12H17FN2O3S/c1-12(2,11(16)14-3)8-15-19(17,18)10-6-4-9(13)5-7-10/h4-7,15H,8H2,1-3H3,(H,14,16). The van der Waals surface area contributed by atoms with Crippen LogP contribution >= 0.6 is 0 Å². The highest BCUT2D eigenvalue weighted by Crippen LogP contribution is 2.16. The Bertz CT molecular complexity index is 553. The second kappa shape index (κ2) is 5.66. The summed E-state index contributed by atoms with van der Waals surface area (Å²) in [5, 5.41) is 2.47. The van der Waals surface area contributed by atoms with Crippen molar-refractivity contribution in [3.63, 3.8) is 0 Å². The number of carbonyl (C=O) groups excluding carboxylic acids is 1. The van der Waals surface area contributed by atoms with Crippen LogP contribution < -0.4 is 10.0 Å². The molecule has 0 aromatic heterocycles. The number of amides is 1. The second-order valence-electron chi connectivity index (χ2n) is 4.74. The fourth-order valence-electron chi connectivity index (χ4n) is 1.39. The molecule has 0 radical (unpaired) electrons. The Labute approximate surface area is 112 Å². The zero-order valence-corrected chi connectivity index (χ0v) is 11.8. The van der Waals surface area contributed by atoms with Crippen LogP contribution in [0.25, 0.3) is 0 Å². The normalized spacial score (nSPS) is 12.2. The van der Waals surface area contributed by atoms with E-state index >= 15 is 0 Å². The van der Waals surface area contributed by atoms with Crippen LogP contribution in [0.5, 0.6) is 0 Å². The number of hydrogen-bond donors (Lipinski definition) is 2. The molecule has 0 saturated carbocycles. The predicted molar refractivity (Wildman–Crippen MR) is 69.4 cm³/mol. The van der Waals surface area contributed by atoms with Gasteiger partial charge in [0.1, 0.15) is 5.82 Å². The smallest absolute Gasteiger partial charge is 0.240 e. The molecule has 106 valence electrons. The highest BCUT2D eigenvalue weighted by Gasteiger charge is 2.28. The van der Waals surface area contributed by atoms with Gasteiger partial charge < -0.3 is 5.32 Å². The molecule has 0 unspecified atom stereocenters. The molecule has 19 heavy (non-hydrogen) atoms. The first-order valence-electron chi connectivity index (χ1n) is 5.66. The number of rotatable bonds is 5. The van der Waals surface area contributed by atoms with Crippen molar-refractivity contribution in [2.75, 3.05) is 13.6 Å². The topological polar surface area (TPSA) is 75.3 Å². The zero-order chi connectivity index (χ0) is 14.7. The highest BCUT2D eigenvalue weighted by atomic mass is 32.2. The van der Waals surface area contributed by atoms with Gasteiger partial charge in [-0.1, -0.05) is 0 Å². The minimum absolute atomic E-state index is 0.0402. The van der Waals surface area contributed by atoms with Gasteiger partial charge in [-0.3, -0.25) is 4.79 Å². The van der Waals surface area contributed by atoms with Gasteiger partial charge in [0.15, 0.2) is 0 Å². The van der Waals surface area contributed by atoms with Crippen LogP contribution in [0.4, 0.5) is 4.39 Å². The molecule has 7 heteroatoms. The van der Waals surface area contributed by atoms with Crippen molar-refractivity contribution in [1.82, 2.24) is 10.0 Å². The molecule has 2 N–H and O–H groups in total. The maximum absolute atomic E-state index is 12.7. The molecule has 0 fully saturated rings. The lowest BCUT2D eigenvalue weighted by Crippen LogP contribution is -2.43. The molecule has 0 aliphatic rings. The molecular weight excluding hydrogens is 271 g/mol. The van der Waals surface area contributed by atoms with Gasteiger partial charge in [0.05, 0.1) is 10.3 Å². The fourth-order valence-corrected chi connectivity index (χ4v) is 2.60. The summed E-state index contributed by atoms with van der Waals surface area (Å²) >= 11 is 0. The molecule has 1 aromatic rings. The maximum atomic E-state index is 12.7. The van der Waals surface area contributed by atoms with Crippen molar-refractivity contribution < 1.29 is 17.6 Å². The Morgan fingerprint density at radius 2 is 1.79 bits per heavy atom. The second-order valence-corrected chi connectivity index (χ2v) is 6.51.